The summed E-state index contributed by atoms with van der Waals surface area (Å²) in [6, 6.07) is 15.4. The number of rotatable bonds is 7. The van der Waals surface area contributed by atoms with Gasteiger partial charge >= 0.3 is 0 Å². The third-order valence-electron chi connectivity index (χ3n) is 3.10. The lowest BCUT2D eigenvalue weighted by molar-refractivity contribution is 0.185. The molecule has 3 heteroatoms. The molecule has 1 aromatic carbocycles. The topological polar surface area (TPSA) is 21.3 Å². The van der Waals surface area contributed by atoms with Gasteiger partial charge in [-0.15, -0.1) is 11.3 Å². The van der Waals surface area contributed by atoms with Crippen molar-refractivity contribution in [2.75, 3.05) is 13.7 Å². The van der Waals surface area contributed by atoms with Crippen LogP contribution >= 0.6 is 11.3 Å². The summed E-state index contributed by atoms with van der Waals surface area (Å²) < 4.78 is 5.09. The van der Waals surface area contributed by atoms with Gasteiger partial charge in [-0.25, -0.2) is 0 Å². The maximum absolute atomic E-state index is 5.09. The fourth-order valence-electron chi connectivity index (χ4n) is 1.90. The first kappa shape index (κ1) is 14.3. The smallest absolute Gasteiger partial charge is 0.0476 e. The van der Waals surface area contributed by atoms with Gasteiger partial charge in [-0.2, -0.15) is 0 Å². The Morgan fingerprint density at radius 1 is 1.16 bits per heavy atom. The summed E-state index contributed by atoms with van der Waals surface area (Å²) >= 11 is 1.86. The Hall–Kier alpha value is -1.16. The van der Waals surface area contributed by atoms with Crippen LogP contribution in [0.3, 0.4) is 0 Å². The number of hydrogen-bond donors (Lipinski definition) is 1. The second-order valence-electron chi connectivity index (χ2n) is 4.70. The first-order valence-electron chi connectivity index (χ1n) is 6.66. The lowest BCUT2D eigenvalue weighted by Gasteiger charge is -2.11. The second-order valence-corrected chi connectivity index (χ2v) is 5.86. The van der Waals surface area contributed by atoms with E-state index in [9.17, 15) is 0 Å². The molecule has 2 aromatic rings. The average molecular weight is 275 g/mol. The SMILES string of the molecule is COCCC(C)NCc1ccc(-c2ccccc2)s1. The highest BCUT2D eigenvalue weighted by atomic mass is 32.1. The van der Waals surface area contributed by atoms with Crippen LogP contribution in [0.15, 0.2) is 42.5 Å². The molecule has 1 unspecified atom stereocenters. The molecule has 0 fully saturated rings. The van der Waals surface area contributed by atoms with Gasteiger partial charge in [-0.3, -0.25) is 0 Å². The van der Waals surface area contributed by atoms with Gasteiger partial charge in [0, 0.05) is 36.1 Å². The minimum absolute atomic E-state index is 0.488. The normalized spacial score (nSPS) is 12.5. The molecule has 0 saturated carbocycles. The predicted octanol–water partition coefficient (Wildman–Crippen LogP) is 3.93. The Morgan fingerprint density at radius 2 is 1.95 bits per heavy atom. The summed E-state index contributed by atoms with van der Waals surface area (Å²) in [5, 5.41) is 3.53. The van der Waals surface area contributed by atoms with Crippen LogP contribution in [-0.2, 0) is 11.3 Å². The highest BCUT2D eigenvalue weighted by Crippen LogP contribution is 2.27. The molecule has 2 rings (SSSR count). The highest BCUT2D eigenvalue weighted by Gasteiger charge is 2.04. The van der Waals surface area contributed by atoms with E-state index in [4.69, 9.17) is 4.74 Å². The summed E-state index contributed by atoms with van der Waals surface area (Å²) in [6.07, 6.45) is 1.05. The number of hydrogen-bond acceptors (Lipinski definition) is 3. The third kappa shape index (κ3) is 4.46. The molecule has 1 N–H and O–H groups in total. The first-order chi connectivity index (χ1) is 9.29. The molecule has 0 radical (unpaired) electrons. The zero-order chi connectivity index (χ0) is 13.5. The van der Waals surface area contributed by atoms with Crippen LogP contribution in [-0.4, -0.2) is 19.8 Å². The van der Waals surface area contributed by atoms with Crippen LogP contribution < -0.4 is 5.32 Å². The number of nitrogens with one attached hydrogen (secondary N) is 1. The Bertz CT molecular complexity index is 481. The average Bonchev–Trinajstić information content (AvgIpc) is 2.93. The zero-order valence-corrected chi connectivity index (χ0v) is 12.4. The molecule has 102 valence electrons. The van der Waals surface area contributed by atoms with Crippen LogP contribution in [0.2, 0.25) is 0 Å². The van der Waals surface area contributed by atoms with Crippen molar-refractivity contribution in [2.24, 2.45) is 0 Å². The molecule has 1 heterocycles. The van der Waals surface area contributed by atoms with Crippen LogP contribution in [0.25, 0.3) is 10.4 Å². The van der Waals surface area contributed by atoms with Crippen molar-refractivity contribution in [3.05, 3.63) is 47.3 Å². The van der Waals surface area contributed by atoms with Gasteiger partial charge in [-0.1, -0.05) is 30.3 Å². The van der Waals surface area contributed by atoms with Gasteiger partial charge in [0.25, 0.3) is 0 Å². The van der Waals surface area contributed by atoms with Crippen molar-refractivity contribution < 1.29 is 4.74 Å². The molecule has 0 bridgehead atoms. The van der Waals surface area contributed by atoms with E-state index in [1.54, 1.807) is 7.11 Å². The molecule has 0 aliphatic heterocycles. The maximum atomic E-state index is 5.09. The van der Waals surface area contributed by atoms with E-state index < -0.39 is 0 Å². The molecule has 19 heavy (non-hydrogen) atoms. The summed E-state index contributed by atoms with van der Waals surface area (Å²) in [5.74, 6) is 0. The first-order valence-corrected chi connectivity index (χ1v) is 7.47. The second kappa shape index (κ2) is 7.43. The fourth-order valence-corrected chi connectivity index (χ4v) is 2.87. The minimum Gasteiger partial charge on any atom is -0.385 e. The largest absolute Gasteiger partial charge is 0.385 e. The summed E-state index contributed by atoms with van der Waals surface area (Å²) in [5.41, 5.74) is 1.30. The van der Waals surface area contributed by atoms with Crippen LogP contribution in [0.1, 0.15) is 18.2 Å². The third-order valence-corrected chi connectivity index (χ3v) is 4.23. The van der Waals surface area contributed by atoms with Crippen LogP contribution in [0, 0.1) is 0 Å². The monoisotopic (exact) mass is 275 g/mol. The molecule has 1 atom stereocenters. The summed E-state index contributed by atoms with van der Waals surface area (Å²) in [4.78, 5) is 2.71. The molecule has 0 aliphatic rings. The highest BCUT2D eigenvalue weighted by molar-refractivity contribution is 7.15. The predicted molar refractivity (Wildman–Crippen MR) is 82.5 cm³/mol. The number of ether oxygens (including phenoxy) is 1. The molecule has 0 amide bonds. The van der Waals surface area contributed by atoms with Gasteiger partial charge in [0.05, 0.1) is 0 Å². The van der Waals surface area contributed by atoms with Gasteiger partial charge in [0.2, 0.25) is 0 Å². The van der Waals surface area contributed by atoms with E-state index in [1.165, 1.54) is 15.3 Å². The summed E-state index contributed by atoms with van der Waals surface area (Å²) in [6.45, 7) is 3.95. The molecule has 0 aliphatic carbocycles. The van der Waals surface area contributed by atoms with E-state index in [0.29, 0.717) is 6.04 Å². The molecule has 0 spiro atoms. The maximum Gasteiger partial charge on any atom is 0.0476 e. The lowest BCUT2D eigenvalue weighted by Crippen LogP contribution is -2.26. The van der Waals surface area contributed by atoms with E-state index in [2.05, 4.69) is 54.7 Å². The Labute approximate surface area is 119 Å². The fraction of sp³-hybridized carbons (Fsp3) is 0.375. The molecular weight excluding hydrogens is 254 g/mol. The van der Waals surface area contributed by atoms with E-state index in [0.717, 1.165) is 19.6 Å². The van der Waals surface area contributed by atoms with Gasteiger partial charge in [-0.05, 0) is 31.0 Å². The van der Waals surface area contributed by atoms with Crippen LogP contribution in [0.5, 0.6) is 0 Å². The Morgan fingerprint density at radius 3 is 2.68 bits per heavy atom. The van der Waals surface area contributed by atoms with Crippen LogP contribution in [0.4, 0.5) is 0 Å². The van der Waals surface area contributed by atoms with E-state index >= 15 is 0 Å². The standard InChI is InChI=1S/C16H21NOS/c1-13(10-11-18-2)17-12-15-8-9-16(19-15)14-6-4-3-5-7-14/h3-9,13,17H,10-12H2,1-2H3. The van der Waals surface area contributed by atoms with Crippen molar-refractivity contribution in [1.29, 1.82) is 0 Å². The van der Waals surface area contributed by atoms with E-state index in [-0.39, 0.29) is 0 Å². The van der Waals surface area contributed by atoms with Crippen molar-refractivity contribution >= 4 is 11.3 Å². The minimum atomic E-state index is 0.488. The molecule has 0 saturated heterocycles. The lowest BCUT2D eigenvalue weighted by atomic mass is 10.2. The van der Waals surface area contributed by atoms with E-state index in [1.807, 2.05) is 11.3 Å². The number of thiophene rings is 1. The molecule has 2 nitrogen and oxygen atoms in total. The van der Waals surface area contributed by atoms with Gasteiger partial charge in [0.1, 0.15) is 0 Å². The van der Waals surface area contributed by atoms with Crippen molar-refractivity contribution in [1.82, 2.24) is 5.32 Å². The Balaban J connectivity index is 1.88. The number of methoxy groups -OCH3 is 1. The van der Waals surface area contributed by atoms with Crippen molar-refractivity contribution in [2.45, 2.75) is 25.9 Å². The number of benzene rings is 1. The van der Waals surface area contributed by atoms with Gasteiger partial charge < -0.3 is 10.1 Å². The Kier molecular flexibility index (Phi) is 5.58. The molecule has 1 aromatic heterocycles. The van der Waals surface area contributed by atoms with Gasteiger partial charge in [0.15, 0.2) is 0 Å². The zero-order valence-electron chi connectivity index (χ0n) is 11.6. The quantitative estimate of drug-likeness (QED) is 0.826. The van der Waals surface area contributed by atoms with Crippen molar-refractivity contribution in [3.8, 4) is 10.4 Å². The van der Waals surface area contributed by atoms with Crippen molar-refractivity contribution in [3.63, 3.8) is 0 Å². The summed E-state index contributed by atoms with van der Waals surface area (Å²) in [7, 11) is 1.75. The molecular formula is C16H21NOS.